The van der Waals surface area contributed by atoms with Gasteiger partial charge in [0.25, 0.3) is 5.56 Å². The van der Waals surface area contributed by atoms with Gasteiger partial charge >= 0.3 is 5.69 Å². The fourth-order valence-electron chi connectivity index (χ4n) is 3.96. The van der Waals surface area contributed by atoms with E-state index in [0.29, 0.717) is 29.3 Å². The number of morpholine rings is 1. The third kappa shape index (κ3) is 4.01. The van der Waals surface area contributed by atoms with E-state index < -0.39 is 11.2 Å². The van der Waals surface area contributed by atoms with Crippen LogP contribution in [0.4, 0.5) is 0 Å². The second kappa shape index (κ2) is 7.78. The molecule has 0 aliphatic carbocycles. The van der Waals surface area contributed by atoms with Crippen molar-refractivity contribution in [3.05, 3.63) is 61.5 Å². The Hall–Kier alpha value is -2.42. The largest absolute Gasteiger partial charge is 0.373 e. The Kier molecular flexibility index (Phi) is 5.33. The Labute approximate surface area is 172 Å². The third-order valence-electron chi connectivity index (χ3n) is 5.20. The van der Waals surface area contributed by atoms with E-state index in [9.17, 15) is 9.59 Å². The first kappa shape index (κ1) is 19.9. The highest BCUT2D eigenvalue weighted by Crippen LogP contribution is 2.19. The number of nitrogens with zero attached hydrogens (tertiary/aromatic N) is 4. The summed E-state index contributed by atoms with van der Waals surface area (Å²) in [6, 6.07) is 7.49. The van der Waals surface area contributed by atoms with Crippen LogP contribution in [0.2, 0.25) is 5.02 Å². The van der Waals surface area contributed by atoms with E-state index in [1.807, 2.05) is 42.7 Å². The molecule has 0 saturated carbocycles. The van der Waals surface area contributed by atoms with E-state index >= 15 is 0 Å². The van der Waals surface area contributed by atoms with Crippen molar-refractivity contribution in [3.63, 3.8) is 0 Å². The second-order valence-electron chi connectivity index (χ2n) is 7.68. The van der Waals surface area contributed by atoms with Crippen LogP contribution in [-0.2, 0) is 24.9 Å². The van der Waals surface area contributed by atoms with Gasteiger partial charge in [0.05, 0.1) is 18.8 Å². The molecule has 1 N–H and O–H groups in total. The molecule has 0 unspecified atom stereocenters. The quantitative estimate of drug-likeness (QED) is 0.698. The first-order valence-electron chi connectivity index (χ1n) is 9.62. The summed E-state index contributed by atoms with van der Waals surface area (Å²) >= 11 is 6.01. The van der Waals surface area contributed by atoms with Crippen molar-refractivity contribution in [2.24, 2.45) is 7.05 Å². The molecule has 0 spiro atoms. The zero-order valence-corrected chi connectivity index (χ0v) is 17.4. The number of ether oxygens (including phenoxy) is 1. The fraction of sp³-hybridized carbons (Fsp3) is 0.450. The lowest BCUT2D eigenvalue weighted by Gasteiger charge is -2.35. The van der Waals surface area contributed by atoms with Crippen LogP contribution in [0.1, 0.15) is 25.2 Å². The van der Waals surface area contributed by atoms with Gasteiger partial charge in [-0.3, -0.25) is 19.2 Å². The number of aryl methyl sites for hydroxylation is 1. The van der Waals surface area contributed by atoms with Gasteiger partial charge in [-0.25, -0.2) is 9.78 Å². The molecule has 1 aliphatic heterocycles. The van der Waals surface area contributed by atoms with Crippen molar-refractivity contribution >= 4 is 22.8 Å². The summed E-state index contributed by atoms with van der Waals surface area (Å²) < 4.78 is 9.09. The van der Waals surface area contributed by atoms with Gasteiger partial charge in [0.2, 0.25) is 0 Å². The SMILES string of the molecule is C[C@@H]1CN(Cc2nc3c(c(=O)[nH]c(=O)n3C)n2Cc2ccc(Cl)cc2)C[C@@H](C)O1. The van der Waals surface area contributed by atoms with Crippen molar-refractivity contribution in [1.82, 2.24) is 24.0 Å². The molecule has 29 heavy (non-hydrogen) atoms. The maximum absolute atomic E-state index is 12.6. The number of aromatic nitrogens is 4. The maximum atomic E-state index is 12.6. The summed E-state index contributed by atoms with van der Waals surface area (Å²) in [5.74, 6) is 0.739. The number of benzene rings is 1. The number of aromatic amines is 1. The molecule has 0 amide bonds. The first-order valence-corrected chi connectivity index (χ1v) is 10.0. The number of nitrogens with one attached hydrogen (secondary N) is 1. The molecule has 4 rings (SSSR count). The molecule has 1 fully saturated rings. The van der Waals surface area contributed by atoms with Crippen molar-refractivity contribution in [2.45, 2.75) is 39.1 Å². The second-order valence-corrected chi connectivity index (χ2v) is 8.12. The van der Waals surface area contributed by atoms with Gasteiger partial charge in [-0.1, -0.05) is 23.7 Å². The highest BCUT2D eigenvalue weighted by atomic mass is 35.5. The van der Waals surface area contributed by atoms with Gasteiger partial charge < -0.3 is 9.30 Å². The van der Waals surface area contributed by atoms with Gasteiger partial charge in [0, 0.05) is 31.7 Å². The van der Waals surface area contributed by atoms with Gasteiger partial charge in [-0.15, -0.1) is 0 Å². The summed E-state index contributed by atoms with van der Waals surface area (Å²) in [6.07, 6.45) is 0.251. The zero-order valence-electron chi connectivity index (χ0n) is 16.7. The number of fused-ring (bicyclic) bond motifs is 1. The predicted octanol–water partition coefficient (Wildman–Crippen LogP) is 1.73. The molecule has 3 aromatic rings. The van der Waals surface area contributed by atoms with Gasteiger partial charge in [-0.2, -0.15) is 0 Å². The Morgan fingerprint density at radius 2 is 1.79 bits per heavy atom. The van der Waals surface area contributed by atoms with E-state index in [1.165, 1.54) is 4.57 Å². The summed E-state index contributed by atoms with van der Waals surface area (Å²) in [4.78, 5) is 34.0. The zero-order chi connectivity index (χ0) is 20.7. The van der Waals surface area contributed by atoms with Crippen LogP contribution >= 0.6 is 11.6 Å². The van der Waals surface area contributed by atoms with Gasteiger partial charge in [-0.05, 0) is 31.5 Å². The van der Waals surface area contributed by atoms with Crippen molar-refractivity contribution < 1.29 is 4.74 Å². The Balaban J connectivity index is 1.80. The maximum Gasteiger partial charge on any atom is 0.329 e. The topological polar surface area (TPSA) is 85.2 Å². The minimum atomic E-state index is -0.473. The molecule has 3 heterocycles. The van der Waals surface area contributed by atoms with E-state index in [2.05, 4.69) is 14.9 Å². The molecule has 154 valence electrons. The molecule has 0 bridgehead atoms. The molecular weight excluding hydrogens is 394 g/mol. The highest BCUT2D eigenvalue weighted by Gasteiger charge is 2.25. The van der Waals surface area contributed by atoms with Gasteiger partial charge in [0.1, 0.15) is 5.82 Å². The van der Waals surface area contributed by atoms with Crippen LogP contribution in [0.25, 0.3) is 11.2 Å². The van der Waals surface area contributed by atoms with Crippen LogP contribution in [-0.4, -0.2) is 49.3 Å². The van der Waals surface area contributed by atoms with E-state index in [1.54, 1.807) is 7.05 Å². The number of halogens is 1. The van der Waals surface area contributed by atoms with E-state index in [4.69, 9.17) is 16.3 Å². The smallest absolute Gasteiger partial charge is 0.329 e. The molecule has 0 radical (unpaired) electrons. The lowest BCUT2D eigenvalue weighted by atomic mass is 10.2. The third-order valence-corrected chi connectivity index (χ3v) is 5.45. The summed E-state index contributed by atoms with van der Waals surface area (Å²) in [5.41, 5.74) is 0.869. The lowest BCUT2D eigenvalue weighted by Crippen LogP contribution is -2.45. The number of hydrogen-bond donors (Lipinski definition) is 1. The molecule has 2 atom stereocenters. The van der Waals surface area contributed by atoms with Crippen molar-refractivity contribution in [3.8, 4) is 0 Å². The van der Waals surface area contributed by atoms with Crippen LogP contribution in [0, 0.1) is 0 Å². The fourth-order valence-corrected chi connectivity index (χ4v) is 4.08. The predicted molar refractivity (Wildman–Crippen MR) is 111 cm³/mol. The minimum Gasteiger partial charge on any atom is -0.373 e. The van der Waals surface area contributed by atoms with Crippen LogP contribution in [0.5, 0.6) is 0 Å². The average Bonchev–Trinajstić information content (AvgIpc) is 2.99. The Bertz CT molecular complexity index is 1140. The standard InChI is InChI=1S/C20H24ClN5O3/c1-12-8-25(9-13(2)29-12)11-16-22-18-17(19(27)23-20(28)24(18)3)26(16)10-14-4-6-15(21)7-5-14/h4-7,12-13H,8-11H2,1-3H3,(H,23,27,28)/t12-,13-/m1/s1. The van der Waals surface area contributed by atoms with E-state index in [0.717, 1.165) is 24.5 Å². The van der Waals surface area contributed by atoms with Crippen molar-refractivity contribution in [1.29, 1.82) is 0 Å². The number of H-pyrrole nitrogens is 1. The molecular formula is C20H24ClN5O3. The number of imidazole rings is 1. The number of rotatable bonds is 4. The molecule has 9 heteroatoms. The van der Waals surface area contributed by atoms with Crippen LogP contribution in [0.15, 0.2) is 33.9 Å². The molecule has 1 aromatic carbocycles. The number of hydrogen-bond acceptors (Lipinski definition) is 5. The molecule has 1 saturated heterocycles. The normalized spacial score (nSPS) is 20.4. The summed E-state index contributed by atoms with van der Waals surface area (Å²) in [5, 5.41) is 0.654. The minimum absolute atomic E-state index is 0.126. The van der Waals surface area contributed by atoms with Gasteiger partial charge in [0.15, 0.2) is 11.2 Å². The summed E-state index contributed by atoms with van der Waals surface area (Å²) in [7, 11) is 1.61. The lowest BCUT2D eigenvalue weighted by molar-refractivity contribution is -0.0712. The van der Waals surface area contributed by atoms with Crippen molar-refractivity contribution in [2.75, 3.05) is 13.1 Å². The summed E-state index contributed by atoms with van der Waals surface area (Å²) in [6.45, 7) is 6.68. The van der Waals surface area contributed by atoms with E-state index in [-0.39, 0.29) is 12.2 Å². The highest BCUT2D eigenvalue weighted by molar-refractivity contribution is 6.30. The first-order chi connectivity index (χ1) is 13.8. The molecule has 8 nitrogen and oxygen atoms in total. The Morgan fingerprint density at radius 1 is 1.14 bits per heavy atom. The Morgan fingerprint density at radius 3 is 2.45 bits per heavy atom. The average molecular weight is 418 g/mol. The molecule has 1 aliphatic rings. The molecule has 2 aromatic heterocycles. The monoisotopic (exact) mass is 417 g/mol. The van der Waals surface area contributed by atoms with Crippen LogP contribution in [0.3, 0.4) is 0 Å². The van der Waals surface area contributed by atoms with Crippen LogP contribution < -0.4 is 11.2 Å².